The van der Waals surface area contributed by atoms with Gasteiger partial charge in [0.15, 0.2) is 5.78 Å². The van der Waals surface area contributed by atoms with E-state index in [-0.39, 0.29) is 38.0 Å². The zero-order valence-electron chi connectivity index (χ0n) is 10.3. The highest BCUT2D eigenvalue weighted by molar-refractivity contribution is 7.16. The Morgan fingerprint density at radius 2 is 1.95 bits per heavy atom. The summed E-state index contributed by atoms with van der Waals surface area (Å²) in [5, 5.41) is 9.77. The highest BCUT2D eigenvalue weighted by atomic mass is 32.1. The number of phenolic OH excluding ortho intramolecular Hbond substituents is 1. The quantitative estimate of drug-likeness (QED) is 0.693. The maximum Gasteiger partial charge on any atom is 0.348 e. The van der Waals surface area contributed by atoms with E-state index in [1.807, 2.05) is 0 Å². The van der Waals surface area contributed by atoms with Gasteiger partial charge in [-0.1, -0.05) is 6.07 Å². The van der Waals surface area contributed by atoms with E-state index in [4.69, 9.17) is 0 Å². The lowest BCUT2D eigenvalue weighted by Gasteiger charge is -2.14. The van der Waals surface area contributed by atoms with Crippen molar-refractivity contribution in [2.75, 3.05) is 7.11 Å². The molecule has 1 aromatic carbocycles. The molecule has 0 saturated carbocycles. The molecule has 1 aromatic heterocycles. The average Bonchev–Trinajstić information content (AvgIpc) is 2.89. The van der Waals surface area contributed by atoms with Gasteiger partial charge < -0.3 is 9.84 Å². The van der Waals surface area contributed by atoms with Gasteiger partial charge in [0.1, 0.15) is 10.6 Å². The maximum absolute atomic E-state index is 12.3. The van der Waals surface area contributed by atoms with Crippen LogP contribution in [0, 0.1) is 0 Å². The third-order valence-corrected chi connectivity index (χ3v) is 4.20. The Morgan fingerprint density at radius 1 is 1.20 bits per heavy atom. The van der Waals surface area contributed by atoms with Gasteiger partial charge in [0, 0.05) is 11.1 Å². The Labute approximate surface area is 117 Å². The zero-order chi connectivity index (χ0) is 14.4. The van der Waals surface area contributed by atoms with Crippen molar-refractivity contribution in [3.63, 3.8) is 0 Å². The van der Waals surface area contributed by atoms with Crippen LogP contribution < -0.4 is 0 Å². The van der Waals surface area contributed by atoms with Crippen LogP contribution >= 0.6 is 11.3 Å². The van der Waals surface area contributed by atoms with Crippen LogP contribution in [-0.4, -0.2) is 29.8 Å². The smallest absolute Gasteiger partial charge is 0.348 e. The number of fused-ring (bicyclic) bond motifs is 2. The highest BCUT2D eigenvalue weighted by Crippen LogP contribution is 2.36. The minimum absolute atomic E-state index is 0.0146. The topological polar surface area (TPSA) is 80.7 Å². The fraction of sp³-hybridized carbons (Fsp3) is 0.0714. The molecule has 5 nitrogen and oxygen atoms in total. The molecular weight excluding hydrogens is 280 g/mol. The van der Waals surface area contributed by atoms with E-state index < -0.39 is 11.8 Å². The van der Waals surface area contributed by atoms with E-state index in [2.05, 4.69) is 4.74 Å². The molecular formula is C14H8O5S. The molecule has 0 aliphatic heterocycles. The van der Waals surface area contributed by atoms with Gasteiger partial charge in [-0.2, -0.15) is 0 Å². The summed E-state index contributed by atoms with van der Waals surface area (Å²) in [4.78, 5) is 36.6. The third kappa shape index (κ3) is 1.58. The molecule has 0 unspecified atom stereocenters. The predicted molar refractivity (Wildman–Crippen MR) is 70.6 cm³/mol. The van der Waals surface area contributed by atoms with Gasteiger partial charge in [0.05, 0.1) is 17.6 Å². The molecule has 0 fully saturated rings. The normalized spacial score (nSPS) is 12.8. The second kappa shape index (κ2) is 4.28. The Morgan fingerprint density at radius 3 is 2.65 bits per heavy atom. The van der Waals surface area contributed by atoms with Gasteiger partial charge in [0.25, 0.3) is 0 Å². The lowest BCUT2D eigenvalue weighted by molar-refractivity contribution is 0.0606. The molecule has 1 heterocycles. The molecule has 0 saturated heterocycles. The molecule has 0 bridgehead atoms. The van der Waals surface area contributed by atoms with Crippen LogP contribution in [0.25, 0.3) is 0 Å². The van der Waals surface area contributed by atoms with Crippen molar-refractivity contribution in [3.05, 3.63) is 50.7 Å². The summed E-state index contributed by atoms with van der Waals surface area (Å²) >= 11 is 0.923. The van der Waals surface area contributed by atoms with Crippen molar-refractivity contribution >= 4 is 28.9 Å². The number of aromatic hydroxyl groups is 1. The summed E-state index contributed by atoms with van der Waals surface area (Å²) in [7, 11) is 1.23. The molecule has 2 aromatic rings. The van der Waals surface area contributed by atoms with Gasteiger partial charge in [-0.3, -0.25) is 9.59 Å². The number of benzene rings is 1. The largest absolute Gasteiger partial charge is 0.507 e. The summed E-state index contributed by atoms with van der Waals surface area (Å²) in [6.07, 6.45) is 0. The third-order valence-electron chi connectivity index (χ3n) is 3.08. The predicted octanol–water partition coefficient (Wildman–Crippen LogP) is 2.02. The van der Waals surface area contributed by atoms with Crippen molar-refractivity contribution < 1.29 is 24.2 Å². The first-order valence-corrected chi connectivity index (χ1v) is 6.49. The molecule has 0 atom stereocenters. The summed E-state index contributed by atoms with van der Waals surface area (Å²) in [5.41, 5.74) is 0.273. The van der Waals surface area contributed by atoms with Crippen molar-refractivity contribution in [1.82, 2.24) is 0 Å². The summed E-state index contributed by atoms with van der Waals surface area (Å²) < 4.78 is 4.58. The van der Waals surface area contributed by atoms with E-state index in [1.165, 1.54) is 31.4 Å². The molecule has 0 amide bonds. The average molecular weight is 288 g/mol. The van der Waals surface area contributed by atoms with Gasteiger partial charge in [-0.05, 0) is 18.2 Å². The number of carbonyl (C=O) groups excluding carboxylic acids is 3. The van der Waals surface area contributed by atoms with Gasteiger partial charge in [0.2, 0.25) is 5.78 Å². The number of thiophene rings is 1. The fourth-order valence-electron chi connectivity index (χ4n) is 2.15. The monoisotopic (exact) mass is 288 g/mol. The first-order chi connectivity index (χ1) is 9.54. The maximum atomic E-state index is 12.3. The van der Waals surface area contributed by atoms with E-state index in [9.17, 15) is 19.5 Å². The number of methoxy groups -OCH3 is 1. The minimum atomic E-state index is -0.599. The molecule has 0 spiro atoms. The second-order valence-corrected chi connectivity index (χ2v) is 5.26. The van der Waals surface area contributed by atoms with Crippen molar-refractivity contribution in [1.29, 1.82) is 0 Å². The number of ketones is 2. The number of carbonyl (C=O) groups is 3. The summed E-state index contributed by atoms with van der Waals surface area (Å²) in [5.74, 6) is -1.67. The Bertz CT molecular complexity index is 772. The van der Waals surface area contributed by atoms with E-state index in [0.29, 0.717) is 0 Å². The molecule has 1 aliphatic rings. The molecule has 20 heavy (non-hydrogen) atoms. The Hall–Kier alpha value is -2.47. The lowest BCUT2D eigenvalue weighted by atomic mass is 9.88. The standard InChI is InChI=1S/C14H8O5S/c1-19-14(18)9-5-7-11(16)10-6(3-2-4-8(10)15)12(17)13(7)20-9/h2-5,15H,1H3. The number of hydrogen-bond donors (Lipinski definition) is 1. The van der Waals surface area contributed by atoms with Crippen LogP contribution in [0.1, 0.15) is 40.8 Å². The van der Waals surface area contributed by atoms with Gasteiger partial charge >= 0.3 is 5.97 Å². The van der Waals surface area contributed by atoms with Crippen LogP contribution in [0.15, 0.2) is 24.3 Å². The van der Waals surface area contributed by atoms with Crippen molar-refractivity contribution in [3.8, 4) is 5.75 Å². The van der Waals surface area contributed by atoms with Crippen LogP contribution in [-0.2, 0) is 4.74 Å². The van der Waals surface area contributed by atoms with Crippen molar-refractivity contribution in [2.24, 2.45) is 0 Å². The first-order valence-electron chi connectivity index (χ1n) is 5.68. The molecule has 1 aliphatic carbocycles. The van der Waals surface area contributed by atoms with E-state index in [1.54, 1.807) is 0 Å². The Kier molecular flexibility index (Phi) is 2.69. The number of ether oxygens (including phenoxy) is 1. The highest BCUT2D eigenvalue weighted by Gasteiger charge is 2.34. The molecule has 100 valence electrons. The van der Waals surface area contributed by atoms with Crippen LogP contribution in [0.4, 0.5) is 0 Å². The first kappa shape index (κ1) is 12.6. The number of rotatable bonds is 1. The molecule has 6 heteroatoms. The molecule has 1 N–H and O–H groups in total. The van der Waals surface area contributed by atoms with Crippen LogP contribution in [0.3, 0.4) is 0 Å². The Balaban J connectivity index is 2.24. The fourth-order valence-corrected chi connectivity index (χ4v) is 3.18. The minimum Gasteiger partial charge on any atom is -0.507 e. The SMILES string of the molecule is COC(=O)c1cc2c(s1)C(=O)c1cccc(O)c1C2=O. The van der Waals surface area contributed by atoms with Gasteiger partial charge in [-0.25, -0.2) is 4.79 Å². The van der Waals surface area contributed by atoms with Crippen molar-refractivity contribution in [2.45, 2.75) is 0 Å². The van der Waals surface area contributed by atoms with Gasteiger partial charge in [-0.15, -0.1) is 11.3 Å². The molecule has 3 rings (SSSR count). The number of esters is 1. The number of hydrogen-bond acceptors (Lipinski definition) is 6. The number of phenols is 1. The zero-order valence-corrected chi connectivity index (χ0v) is 11.1. The van der Waals surface area contributed by atoms with E-state index in [0.717, 1.165) is 11.3 Å². The van der Waals surface area contributed by atoms with E-state index >= 15 is 0 Å². The summed E-state index contributed by atoms with van der Waals surface area (Å²) in [6.45, 7) is 0. The van der Waals surface area contributed by atoms with Crippen LogP contribution in [0.2, 0.25) is 0 Å². The summed E-state index contributed by atoms with van der Waals surface area (Å²) in [6, 6.07) is 5.67. The van der Waals surface area contributed by atoms with Crippen LogP contribution in [0.5, 0.6) is 5.75 Å². The second-order valence-electron chi connectivity index (χ2n) is 4.20. The molecule has 0 radical (unpaired) electrons. The lowest BCUT2D eigenvalue weighted by Crippen LogP contribution is -2.18.